The topological polar surface area (TPSA) is 115 Å². The van der Waals surface area contributed by atoms with Crippen molar-refractivity contribution in [3.63, 3.8) is 0 Å². The first-order chi connectivity index (χ1) is 19.0. The van der Waals surface area contributed by atoms with Crippen LogP contribution in [0.3, 0.4) is 0 Å². The van der Waals surface area contributed by atoms with Gasteiger partial charge >= 0.3 is 5.97 Å². The number of aromatic nitrogens is 2. The van der Waals surface area contributed by atoms with Crippen LogP contribution in [0, 0.1) is 0 Å². The van der Waals surface area contributed by atoms with Crippen molar-refractivity contribution in [3.8, 4) is 22.9 Å². The largest absolute Gasteiger partial charge is 0.460 e. The van der Waals surface area contributed by atoms with Crippen molar-refractivity contribution >= 4 is 16.9 Å². The van der Waals surface area contributed by atoms with Gasteiger partial charge in [-0.1, -0.05) is 6.42 Å². The number of cyclic esters (lactones) is 1. The number of piperidine rings is 1. The molecule has 0 aliphatic carbocycles. The molecule has 0 bridgehead atoms. The van der Waals surface area contributed by atoms with E-state index in [1.54, 1.807) is 11.5 Å². The predicted octanol–water partition coefficient (Wildman–Crippen LogP) is 2.25. The van der Waals surface area contributed by atoms with Gasteiger partial charge in [-0.05, 0) is 56.1 Å². The SMILES string of the molecule is C[C@@H]1C(=O)OCc2c1cc1n(c2=O)Cc2c-1nc1cc3c(cc1c2CNCC(O)CN1CCCCC1)OCO3. The Hall–Kier alpha value is -3.47. The Morgan fingerprint density at radius 1 is 1.08 bits per heavy atom. The summed E-state index contributed by atoms with van der Waals surface area (Å²) in [7, 11) is 0. The number of fused-ring (bicyclic) bond motifs is 6. The Kier molecular flexibility index (Phi) is 6.06. The summed E-state index contributed by atoms with van der Waals surface area (Å²) in [5.41, 5.74) is 5.26. The van der Waals surface area contributed by atoms with Crippen LogP contribution in [-0.2, 0) is 29.2 Å². The van der Waals surface area contributed by atoms with Crippen LogP contribution < -0.4 is 20.3 Å². The number of aliphatic hydroxyl groups is 1. The zero-order chi connectivity index (χ0) is 26.7. The molecule has 2 aromatic heterocycles. The van der Waals surface area contributed by atoms with Crippen LogP contribution >= 0.6 is 0 Å². The molecule has 1 unspecified atom stereocenters. The Morgan fingerprint density at radius 2 is 1.87 bits per heavy atom. The number of likely N-dealkylation sites (tertiary alicyclic amines) is 1. The number of aliphatic hydroxyl groups excluding tert-OH is 1. The normalized spacial score (nSPS) is 20.5. The molecule has 6 heterocycles. The molecule has 10 nitrogen and oxygen atoms in total. The van der Waals surface area contributed by atoms with Crippen molar-refractivity contribution < 1.29 is 24.1 Å². The number of β-amino-alcohol motifs (C(OH)–C–C–N with tert-alkyl or cyclic N) is 1. The summed E-state index contributed by atoms with van der Waals surface area (Å²) in [5, 5.41) is 15.1. The lowest BCUT2D eigenvalue weighted by atomic mass is 9.93. The van der Waals surface area contributed by atoms with Gasteiger partial charge in [0.05, 0.1) is 41.0 Å². The summed E-state index contributed by atoms with van der Waals surface area (Å²) in [6.07, 6.45) is 3.16. The molecule has 4 aliphatic heterocycles. The molecule has 2 N–H and O–H groups in total. The fourth-order valence-electron chi connectivity index (χ4n) is 6.36. The summed E-state index contributed by atoms with van der Waals surface area (Å²) in [6, 6.07) is 5.77. The van der Waals surface area contributed by atoms with Crippen LogP contribution in [0.1, 0.15) is 54.4 Å². The minimum absolute atomic E-state index is 0.00587. The molecule has 204 valence electrons. The summed E-state index contributed by atoms with van der Waals surface area (Å²) in [5.74, 6) is 0.483. The van der Waals surface area contributed by atoms with Crippen molar-refractivity contribution in [3.05, 3.63) is 50.8 Å². The van der Waals surface area contributed by atoms with Gasteiger partial charge < -0.3 is 34.1 Å². The number of hydrogen-bond acceptors (Lipinski definition) is 9. The number of pyridine rings is 2. The average molecular weight is 533 g/mol. The van der Waals surface area contributed by atoms with Crippen LogP contribution in [0.15, 0.2) is 23.0 Å². The van der Waals surface area contributed by atoms with Gasteiger partial charge in [-0.15, -0.1) is 0 Å². The maximum atomic E-state index is 13.5. The molecule has 10 heteroatoms. The molecule has 4 aliphatic rings. The van der Waals surface area contributed by atoms with Crippen molar-refractivity contribution in [1.82, 2.24) is 19.8 Å². The highest BCUT2D eigenvalue weighted by Crippen LogP contribution is 2.42. The van der Waals surface area contributed by atoms with E-state index >= 15 is 0 Å². The molecule has 1 saturated heterocycles. The molecule has 3 aromatic rings. The Bertz CT molecular complexity index is 1540. The smallest absolute Gasteiger partial charge is 0.313 e. The van der Waals surface area contributed by atoms with Gasteiger partial charge in [0.25, 0.3) is 5.56 Å². The van der Waals surface area contributed by atoms with Crippen molar-refractivity contribution in [2.24, 2.45) is 0 Å². The Labute approximate surface area is 225 Å². The number of rotatable bonds is 6. The molecule has 1 aromatic carbocycles. The first-order valence-corrected chi connectivity index (χ1v) is 13.8. The minimum atomic E-state index is -0.506. The molecule has 0 spiro atoms. The third kappa shape index (κ3) is 4.18. The van der Waals surface area contributed by atoms with Gasteiger partial charge in [-0.25, -0.2) is 4.98 Å². The van der Waals surface area contributed by atoms with Crippen molar-refractivity contribution in [1.29, 1.82) is 0 Å². The molecular weight excluding hydrogens is 500 g/mol. The van der Waals surface area contributed by atoms with Gasteiger partial charge in [0, 0.05) is 36.7 Å². The lowest BCUT2D eigenvalue weighted by molar-refractivity contribution is -0.147. The first-order valence-electron chi connectivity index (χ1n) is 13.8. The second-order valence-corrected chi connectivity index (χ2v) is 11.0. The van der Waals surface area contributed by atoms with Crippen LogP contribution in [0.5, 0.6) is 11.5 Å². The van der Waals surface area contributed by atoms with E-state index in [0.29, 0.717) is 54.5 Å². The monoisotopic (exact) mass is 532 g/mol. The van der Waals surface area contributed by atoms with E-state index in [9.17, 15) is 14.7 Å². The van der Waals surface area contributed by atoms with E-state index in [4.69, 9.17) is 19.2 Å². The second kappa shape index (κ2) is 9.62. The summed E-state index contributed by atoms with van der Waals surface area (Å²) < 4.78 is 18.3. The van der Waals surface area contributed by atoms with Gasteiger partial charge in [0.1, 0.15) is 6.61 Å². The van der Waals surface area contributed by atoms with Gasteiger partial charge in [0.15, 0.2) is 11.5 Å². The van der Waals surface area contributed by atoms with Crippen LogP contribution in [0.2, 0.25) is 0 Å². The number of benzene rings is 1. The number of nitrogens with zero attached hydrogens (tertiary/aromatic N) is 3. The first kappa shape index (κ1) is 24.6. The van der Waals surface area contributed by atoms with E-state index < -0.39 is 12.0 Å². The molecule has 2 atom stereocenters. The fourth-order valence-corrected chi connectivity index (χ4v) is 6.36. The minimum Gasteiger partial charge on any atom is -0.460 e. The number of carbonyl (C=O) groups is 1. The van der Waals surface area contributed by atoms with E-state index in [1.807, 2.05) is 18.2 Å². The molecule has 0 amide bonds. The average Bonchev–Trinajstić information content (AvgIpc) is 3.54. The van der Waals surface area contributed by atoms with Gasteiger partial charge in [-0.3, -0.25) is 9.59 Å². The maximum absolute atomic E-state index is 13.5. The lowest BCUT2D eigenvalue weighted by Gasteiger charge is -2.28. The fraction of sp³-hybridized carbons (Fsp3) is 0.483. The van der Waals surface area contributed by atoms with Gasteiger partial charge in [0.2, 0.25) is 6.79 Å². The van der Waals surface area contributed by atoms with E-state index in [-0.39, 0.29) is 24.9 Å². The maximum Gasteiger partial charge on any atom is 0.313 e. The second-order valence-electron chi connectivity index (χ2n) is 11.0. The van der Waals surface area contributed by atoms with Crippen LogP contribution in [0.25, 0.3) is 22.3 Å². The molecule has 0 radical (unpaired) electrons. The molecular formula is C29H32N4O6. The zero-order valence-corrected chi connectivity index (χ0v) is 22.0. The zero-order valence-electron chi connectivity index (χ0n) is 22.0. The molecule has 0 saturated carbocycles. The summed E-state index contributed by atoms with van der Waals surface area (Å²) in [4.78, 5) is 33.1. The van der Waals surface area contributed by atoms with E-state index in [1.165, 1.54) is 19.3 Å². The number of carbonyl (C=O) groups excluding carboxylic acids is 1. The third-order valence-corrected chi connectivity index (χ3v) is 8.47. The van der Waals surface area contributed by atoms with E-state index in [2.05, 4.69) is 10.2 Å². The Balaban J connectivity index is 1.26. The van der Waals surface area contributed by atoms with Gasteiger partial charge in [-0.2, -0.15) is 0 Å². The number of nitrogens with one attached hydrogen (secondary N) is 1. The highest BCUT2D eigenvalue weighted by atomic mass is 16.7. The highest BCUT2D eigenvalue weighted by molar-refractivity contribution is 5.91. The predicted molar refractivity (Wildman–Crippen MR) is 143 cm³/mol. The standard InChI is InChI=1S/C29H32N4O6/c1-16-18-7-24-27-21(13-33(24)28(35)22(18)14-37-29(16)36)20(11-30-10-17(34)12-32-5-3-2-4-6-32)19-8-25-26(39-15-38-25)9-23(19)31-27/h7-9,16-17,30,34H,2-6,10-15H2,1H3/t16-,17?/m0/s1. The van der Waals surface area contributed by atoms with Crippen molar-refractivity contribution in [2.45, 2.75) is 57.9 Å². The summed E-state index contributed by atoms with van der Waals surface area (Å²) in [6.45, 7) is 6.00. The lowest BCUT2D eigenvalue weighted by Crippen LogP contribution is -2.40. The molecule has 1 fully saturated rings. The quantitative estimate of drug-likeness (QED) is 0.361. The number of esters is 1. The number of hydrogen-bond donors (Lipinski definition) is 2. The summed E-state index contributed by atoms with van der Waals surface area (Å²) >= 11 is 0. The van der Waals surface area contributed by atoms with Crippen molar-refractivity contribution in [2.75, 3.05) is 33.0 Å². The van der Waals surface area contributed by atoms with Crippen LogP contribution in [-0.4, -0.2) is 64.6 Å². The van der Waals surface area contributed by atoms with Crippen LogP contribution in [0.4, 0.5) is 0 Å². The Morgan fingerprint density at radius 3 is 2.69 bits per heavy atom. The highest BCUT2D eigenvalue weighted by Gasteiger charge is 2.34. The third-order valence-electron chi connectivity index (χ3n) is 8.47. The van der Waals surface area contributed by atoms with E-state index in [0.717, 1.165) is 40.8 Å². The molecule has 39 heavy (non-hydrogen) atoms. The number of ether oxygens (including phenoxy) is 3. The molecule has 7 rings (SSSR count).